The Bertz CT molecular complexity index is 441. The molecule has 21 heavy (non-hydrogen) atoms. The fourth-order valence-electron chi connectivity index (χ4n) is 2.62. The van der Waals surface area contributed by atoms with Gasteiger partial charge in [-0.1, -0.05) is 12.1 Å². The number of amides is 1. The zero-order chi connectivity index (χ0) is 15.1. The molecule has 116 valence electrons. The van der Waals surface area contributed by atoms with Gasteiger partial charge in [-0.25, -0.2) is 0 Å². The number of aliphatic hydroxyl groups is 1. The second kappa shape index (κ2) is 8.12. The Kier molecular flexibility index (Phi) is 6.17. The Morgan fingerprint density at radius 1 is 1.29 bits per heavy atom. The summed E-state index contributed by atoms with van der Waals surface area (Å²) >= 11 is 0. The molecule has 1 aliphatic heterocycles. The molecule has 0 bridgehead atoms. The molecule has 1 aromatic rings. The van der Waals surface area contributed by atoms with E-state index in [1.54, 1.807) is 0 Å². The van der Waals surface area contributed by atoms with Crippen LogP contribution in [0.4, 0.5) is 5.69 Å². The summed E-state index contributed by atoms with van der Waals surface area (Å²) in [7, 11) is 0. The highest BCUT2D eigenvalue weighted by atomic mass is 16.3. The van der Waals surface area contributed by atoms with E-state index in [0.29, 0.717) is 6.54 Å². The number of rotatable bonds is 7. The van der Waals surface area contributed by atoms with Crippen molar-refractivity contribution in [1.82, 2.24) is 10.2 Å². The van der Waals surface area contributed by atoms with Gasteiger partial charge in [-0.2, -0.15) is 0 Å². The third-order valence-corrected chi connectivity index (χ3v) is 3.65. The number of benzene rings is 1. The van der Waals surface area contributed by atoms with E-state index in [0.717, 1.165) is 37.4 Å². The first-order valence-corrected chi connectivity index (χ1v) is 7.61. The Morgan fingerprint density at radius 3 is 2.57 bits per heavy atom. The summed E-state index contributed by atoms with van der Waals surface area (Å²) in [4.78, 5) is 13.2. The van der Waals surface area contributed by atoms with Crippen LogP contribution in [-0.2, 0) is 11.3 Å². The van der Waals surface area contributed by atoms with Crippen molar-refractivity contribution >= 4 is 11.6 Å². The zero-order valence-electron chi connectivity index (χ0n) is 12.6. The molecule has 2 rings (SSSR count). The summed E-state index contributed by atoms with van der Waals surface area (Å²) in [5.74, 6) is -0.0640. The molecular weight excluding hydrogens is 266 g/mol. The average Bonchev–Trinajstić information content (AvgIpc) is 2.93. The summed E-state index contributed by atoms with van der Waals surface area (Å²) < 4.78 is 0. The number of likely N-dealkylation sites (tertiary alicyclic amines) is 1. The molecule has 1 heterocycles. The van der Waals surface area contributed by atoms with Crippen LogP contribution < -0.4 is 10.6 Å². The number of nitrogens with one attached hydrogen (secondary N) is 2. The summed E-state index contributed by atoms with van der Waals surface area (Å²) in [5, 5.41) is 16.0. The van der Waals surface area contributed by atoms with Gasteiger partial charge in [0.2, 0.25) is 5.91 Å². The van der Waals surface area contributed by atoms with E-state index >= 15 is 0 Å². The first-order valence-electron chi connectivity index (χ1n) is 7.61. The number of hydrogen-bond donors (Lipinski definition) is 3. The number of β-amino-alcohol motifs (C(OH)–C–C–N with tert-alkyl or cyclic N) is 1. The SMILES string of the molecule is CC(=O)Nc1ccc(CNCC(O)CN2CCCC2)cc1. The van der Waals surface area contributed by atoms with E-state index in [1.807, 2.05) is 24.3 Å². The maximum atomic E-state index is 10.9. The Hall–Kier alpha value is -1.43. The van der Waals surface area contributed by atoms with E-state index < -0.39 is 0 Å². The predicted octanol–water partition coefficient (Wildman–Crippen LogP) is 1.19. The number of carbonyl (C=O) groups is 1. The quantitative estimate of drug-likeness (QED) is 0.706. The van der Waals surface area contributed by atoms with Crippen LogP contribution >= 0.6 is 0 Å². The smallest absolute Gasteiger partial charge is 0.221 e. The second-order valence-electron chi connectivity index (χ2n) is 5.67. The molecule has 1 aromatic carbocycles. The van der Waals surface area contributed by atoms with Crippen LogP contribution in [0.5, 0.6) is 0 Å². The van der Waals surface area contributed by atoms with Crippen molar-refractivity contribution in [2.45, 2.75) is 32.4 Å². The van der Waals surface area contributed by atoms with Gasteiger partial charge < -0.3 is 20.6 Å². The van der Waals surface area contributed by atoms with Gasteiger partial charge in [0.15, 0.2) is 0 Å². The van der Waals surface area contributed by atoms with Gasteiger partial charge in [0.1, 0.15) is 0 Å². The molecular formula is C16H25N3O2. The normalized spacial score (nSPS) is 16.9. The van der Waals surface area contributed by atoms with Crippen molar-refractivity contribution in [2.75, 3.05) is 31.5 Å². The monoisotopic (exact) mass is 291 g/mol. The van der Waals surface area contributed by atoms with E-state index in [1.165, 1.54) is 19.8 Å². The average molecular weight is 291 g/mol. The van der Waals surface area contributed by atoms with Crippen molar-refractivity contribution < 1.29 is 9.90 Å². The highest BCUT2D eigenvalue weighted by Gasteiger charge is 2.15. The molecule has 1 fully saturated rings. The fourth-order valence-corrected chi connectivity index (χ4v) is 2.62. The van der Waals surface area contributed by atoms with E-state index in [2.05, 4.69) is 15.5 Å². The number of hydrogen-bond acceptors (Lipinski definition) is 4. The van der Waals surface area contributed by atoms with Crippen molar-refractivity contribution in [3.8, 4) is 0 Å². The van der Waals surface area contributed by atoms with Crippen LogP contribution in [0.25, 0.3) is 0 Å². The standard InChI is InChI=1S/C16H25N3O2/c1-13(20)18-15-6-4-14(5-7-15)10-17-11-16(21)12-19-8-2-3-9-19/h4-7,16-17,21H,2-3,8-12H2,1H3,(H,18,20). The molecule has 0 aromatic heterocycles. The van der Waals surface area contributed by atoms with Gasteiger partial charge in [-0.05, 0) is 43.6 Å². The van der Waals surface area contributed by atoms with E-state index in [-0.39, 0.29) is 12.0 Å². The van der Waals surface area contributed by atoms with Crippen LogP contribution in [0.3, 0.4) is 0 Å². The first-order chi connectivity index (χ1) is 10.1. The van der Waals surface area contributed by atoms with Crippen molar-refractivity contribution in [2.24, 2.45) is 0 Å². The summed E-state index contributed by atoms with van der Waals surface area (Å²) in [6.07, 6.45) is 2.18. The molecule has 1 aliphatic rings. The molecule has 5 nitrogen and oxygen atoms in total. The van der Waals surface area contributed by atoms with Crippen molar-refractivity contribution in [3.63, 3.8) is 0 Å². The lowest BCUT2D eigenvalue weighted by Crippen LogP contribution is -2.36. The van der Waals surface area contributed by atoms with Gasteiger partial charge in [0.25, 0.3) is 0 Å². The molecule has 0 aliphatic carbocycles. The molecule has 1 saturated heterocycles. The van der Waals surface area contributed by atoms with Gasteiger partial charge in [0, 0.05) is 32.2 Å². The van der Waals surface area contributed by atoms with Gasteiger partial charge in [-0.3, -0.25) is 4.79 Å². The molecule has 3 N–H and O–H groups in total. The van der Waals surface area contributed by atoms with Crippen molar-refractivity contribution in [1.29, 1.82) is 0 Å². The lowest BCUT2D eigenvalue weighted by atomic mass is 10.2. The van der Waals surface area contributed by atoms with Crippen LogP contribution in [-0.4, -0.2) is 48.2 Å². The highest BCUT2D eigenvalue weighted by Crippen LogP contribution is 2.10. The third kappa shape index (κ3) is 5.83. The third-order valence-electron chi connectivity index (χ3n) is 3.65. The predicted molar refractivity (Wildman–Crippen MR) is 84.1 cm³/mol. The second-order valence-corrected chi connectivity index (χ2v) is 5.67. The molecule has 0 radical (unpaired) electrons. The number of anilines is 1. The number of aliphatic hydroxyl groups excluding tert-OH is 1. The Morgan fingerprint density at radius 2 is 1.95 bits per heavy atom. The molecule has 1 atom stereocenters. The molecule has 5 heteroatoms. The molecule has 1 amide bonds. The zero-order valence-corrected chi connectivity index (χ0v) is 12.6. The maximum absolute atomic E-state index is 10.9. The number of carbonyl (C=O) groups excluding carboxylic acids is 1. The lowest BCUT2D eigenvalue weighted by molar-refractivity contribution is -0.114. The minimum atomic E-state index is -0.318. The highest BCUT2D eigenvalue weighted by molar-refractivity contribution is 5.88. The van der Waals surface area contributed by atoms with Crippen LogP contribution in [0.2, 0.25) is 0 Å². The van der Waals surface area contributed by atoms with Crippen LogP contribution in [0.1, 0.15) is 25.3 Å². The summed E-state index contributed by atoms with van der Waals surface area (Å²) in [6.45, 7) is 5.80. The molecule has 0 spiro atoms. The minimum Gasteiger partial charge on any atom is -0.390 e. The molecule has 0 saturated carbocycles. The summed E-state index contributed by atoms with van der Waals surface area (Å²) in [5.41, 5.74) is 1.94. The maximum Gasteiger partial charge on any atom is 0.221 e. The van der Waals surface area contributed by atoms with Gasteiger partial charge >= 0.3 is 0 Å². The number of nitrogens with zero attached hydrogens (tertiary/aromatic N) is 1. The van der Waals surface area contributed by atoms with Crippen LogP contribution in [0, 0.1) is 0 Å². The van der Waals surface area contributed by atoms with Crippen LogP contribution in [0.15, 0.2) is 24.3 Å². The van der Waals surface area contributed by atoms with Gasteiger partial charge in [-0.15, -0.1) is 0 Å². The fraction of sp³-hybridized carbons (Fsp3) is 0.562. The lowest BCUT2D eigenvalue weighted by Gasteiger charge is -2.19. The minimum absolute atomic E-state index is 0.0640. The Balaban J connectivity index is 1.66. The topological polar surface area (TPSA) is 64.6 Å². The van der Waals surface area contributed by atoms with Crippen molar-refractivity contribution in [3.05, 3.63) is 29.8 Å². The molecule has 1 unspecified atom stereocenters. The van der Waals surface area contributed by atoms with Gasteiger partial charge in [0.05, 0.1) is 6.10 Å². The van der Waals surface area contributed by atoms with E-state index in [9.17, 15) is 9.90 Å². The Labute approximate surface area is 126 Å². The first kappa shape index (κ1) is 15.9. The summed E-state index contributed by atoms with van der Waals surface area (Å²) in [6, 6.07) is 7.73. The van der Waals surface area contributed by atoms with E-state index in [4.69, 9.17) is 0 Å². The largest absolute Gasteiger partial charge is 0.390 e.